The normalized spacial score (nSPS) is 20.7. The molecular weight excluding hydrogens is 438 g/mol. The molecule has 186 valence electrons. The highest BCUT2D eigenvalue weighted by molar-refractivity contribution is 5.83. The van der Waals surface area contributed by atoms with Gasteiger partial charge < -0.3 is 20.5 Å². The number of likely N-dealkylation sites (tertiary alicyclic amines) is 2. The summed E-state index contributed by atoms with van der Waals surface area (Å²) in [5.41, 5.74) is 10.5. The Hall–Kier alpha value is -3.06. The second-order valence-corrected chi connectivity index (χ2v) is 10.5. The van der Waals surface area contributed by atoms with Crippen molar-refractivity contribution in [3.05, 3.63) is 69.3 Å². The van der Waals surface area contributed by atoms with Crippen LogP contribution in [0.3, 0.4) is 0 Å². The molecule has 0 radical (unpaired) electrons. The average Bonchev–Trinajstić information content (AvgIpc) is 2.86. The molecule has 1 aromatic carbocycles. The van der Waals surface area contributed by atoms with E-state index < -0.39 is 0 Å². The van der Waals surface area contributed by atoms with Crippen molar-refractivity contribution in [2.45, 2.75) is 38.5 Å². The fourth-order valence-corrected chi connectivity index (χ4v) is 5.83. The van der Waals surface area contributed by atoms with Gasteiger partial charge in [-0.25, -0.2) is 0 Å². The largest absolute Gasteiger partial charge is 0.385 e. The lowest BCUT2D eigenvalue weighted by Gasteiger charge is -2.38. The summed E-state index contributed by atoms with van der Waals surface area (Å²) in [7, 11) is 2.00. The number of hydrogen-bond donors (Lipinski definition) is 2. The maximum Gasteiger partial charge on any atom is 0.248 e. The predicted molar refractivity (Wildman–Crippen MR) is 140 cm³/mol. The fourth-order valence-electron chi connectivity index (χ4n) is 5.83. The van der Waals surface area contributed by atoms with E-state index >= 15 is 0 Å². The van der Waals surface area contributed by atoms with Gasteiger partial charge in [0, 0.05) is 56.1 Å². The third-order valence-corrected chi connectivity index (χ3v) is 8.02. The zero-order chi connectivity index (χ0) is 24.5. The van der Waals surface area contributed by atoms with Crippen LogP contribution in [0.2, 0.25) is 0 Å². The summed E-state index contributed by atoms with van der Waals surface area (Å²) >= 11 is 0. The molecule has 7 nitrogen and oxygen atoms in total. The number of benzene rings is 1. The summed E-state index contributed by atoms with van der Waals surface area (Å²) in [5, 5.41) is 1.14. The second-order valence-electron chi connectivity index (χ2n) is 10.5. The Kier molecular flexibility index (Phi) is 6.69. The molecule has 0 atom stereocenters. The highest BCUT2D eigenvalue weighted by atomic mass is 16.2. The Balaban J connectivity index is 1.15. The van der Waals surface area contributed by atoms with Gasteiger partial charge in [-0.3, -0.25) is 14.5 Å². The molecule has 0 bridgehead atoms. The molecule has 0 unspecified atom stereocenters. The molecule has 35 heavy (non-hydrogen) atoms. The summed E-state index contributed by atoms with van der Waals surface area (Å²) in [6.45, 7) is 7.29. The van der Waals surface area contributed by atoms with Gasteiger partial charge in [-0.15, -0.1) is 0 Å². The predicted octanol–water partition coefficient (Wildman–Crippen LogP) is 2.93. The van der Waals surface area contributed by atoms with Gasteiger partial charge in [0.25, 0.3) is 0 Å². The van der Waals surface area contributed by atoms with Crippen molar-refractivity contribution in [3.8, 4) is 0 Å². The van der Waals surface area contributed by atoms with Gasteiger partial charge in [-0.1, -0.05) is 17.7 Å². The van der Waals surface area contributed by atoms with Gasteiger partial charge in [0.05, 0.1) is 5.82 Å². The number of carbonyl (C=O) groups excluding carboxylic acids is 1. The van der Waals surface area contributed by atoms with Crippen molar-refractivity contribution < 1.29 is 4.79 Å². The molecule has 3 N–H and O–H groups in total. The number of aromatic amines is 1. The smallest absolute Gasteiger partial charge is 0.248 e. The van der Waals surface area contributed by atoms with Crippen molar-refractivity contribution in [1.29, 1.82) is 0 Å². The van der Waals surface area contributed by atoms with Crippen LogP contribution in [-0.4, -0.2) is 71.9 Å². The first-order chi connectivity index (χ1) is 16.9. The lowest BCUT2D eigenvalue weighted by atomic mass is 9.86. The van der Waals surface area contributed by atoms with Crippen LogP contribution in [-0.2, 0) is 4.79 Å². The number of aromatic nitrogens is 1. The summed E-state index contributed by atoms with van der Waals surface area (Å²) in [6.07, 6.45) is 7.96. The highest BCUT2D eigenvalue weighted by Crippen LogP contribution is 2.33. The molecule has 2 fully saturated rings. The van der Waals surface area contributed by atoms with Crippen LogP contribution in [0.15, 0.2) is 52.6 Å². The zero-order valence-electron chi connectivity index (χ0n) is 20.9. The monoisotopic (exact) mass is 475 g/mol. The van der Waals surface area contributed by atoms with Crippen LogP contribution in [0, 0.1) is 12.8 Å². The Bertz CT molecular complexity index is 1210. The van der Waals surface area contributed by atoms with E-state index in [0.717, 1.165) is 87.2 Å². The van der Waals surface area contributed by atoms with Crippen LogP contribution in [0.5, 0.6) is 0 Å². The molecule has 5 rings (SSSR count). The zero-order valence-corrected chi connectivity index (χ0v) is 20.9. The molecule has 3 aliphatic heterocycles. The maximum atomic E-state index is 13.3. The molecule has 2 saturated heterocycles. The number of pyridine rings is 1. The van der Waals surface area contributed by atoms with Gasteiger partial charge >= 0.3 is 0 Å². The lowest BCUT2D eigenvalue weighted by molar-refractivity contribution is -0.138. The van der Waals surface area contributed by atoms with Gasteiger partial charge in [0.2, 0.25) is 11.5 Å². The first-order valence-electron chi connectivity index (χ1n) is 12.9. The maximum absolute atomic E-state index is 13.3. The molecule has 0 spiro atoms. The SMILES string of the molecule is Cc1ccc2[nH]c(=O)cc(C3CCN(C(=O)C4CCN(CC5=CCN(C)C(N)=C5)CC4)CC3)c2c1. The number of rotatable bonds is 4. The fraction of sp³-hybridized carbons (Fsp3) is 0.500. The molecule has 7 heteroatoms. The number of amides is 1. The Labute approximate surface area is 207 Å². The van der Waals surface area contributed by atoms with Crippen LogP contribution >= 0.6 is 0 Å². The van der Waals surface area contributed by atoms with Crippen LogP contribution in [0.4, 0.5) is 0 Å². The van der Waals surface area contributed by atoms with Gasteiger partial charge in [0.15, 0.2) is 0 Å². The summed E-state index contributed by atoms with van der Waals surface area (Å²) in [5.74, 6) is 1.57. The van der Waals surface area contributed by atoms with E-state index in [1.807, 2.05) is 24.1 Å². The van der Waals surface area contributed by atoms with Crippen molar-refractivity contribution in [1.82, 2.24) is 19.7 Å². The number of nitrogens with two attached hydrogens (primary N) is 1. The minimum Gasteiger partial charge on any atom is -0.385 e. The molecular formula is C28H37N5O2. The number of nitrogens with zero attached hydrogens (tertiary/aromatic N) is 3. The number of aryl methyl sites for hydroxylation is 1. The molecule has 1 aromatic heterocycles. The summed E-state index contributed by atoms with van der Waals surface area (Å²) in [4.78, 5) is 35.1. The molecule has 0 aliphatic carbocycles. The summed E-state index contributed by atoms with van der Waals surface area (Å²) in [6, 6.07) is 7.96. The van der Waals surface area contributed by atoms with E-state index in [1.165, 1.54) is 11.1 Å². The molecule has 0 saturated carbocycles. The number of likely N-dealkylation sites (N-methyl/N-ethyl adjacent to an activating group) is 1. The van der Waals surface area contributed by atoms with Gasteiger partial charge in [-0.05, 0) is 81.0 Å². The number of carbonyl (C=O) groups is 1. The van der Waals surface area contributed by atoms with Crippen LogP contribution < -0.4 is 11.3 Å². The number of fused-ring (bicyclic) bond motifs is 1. The first kappa shape index (κ1) is 23.7. The second kappa shape index (κ2) is 9.90. The quantitative estimate of drug-likeness (QED) is 0.710. The highest BCUT2D eigenvalue weighted by Gasteiger charge is 2.32. The number of piperidine rings is 2. The third-order valence-electron chi connectivity index (χ3n) is 8.02. The molecule has 4 heterocycles. The van der Waals surface area contributed by atoms with E-state index in [2.05, 4.69) is 39.9 Å². The Morgan fingerprint density at radius 3 is 2.54 bits per heavy atom. The van der Waals surface area contributed by atoms with Crippen molar-refractivity contribution >= 4 is 16.8 Å². The minimum atomic E-state index is -0.0455. The van der Waals surface area contributed by atoms with E-state index in [1.54, 1.807) is 6.07 Å². The van der Waals surface area contributed by atoms with E-state index in [4.69, 9.17) is 5.73 Å². The van der Waals surface area contributed by atoms with Crippen LogP contribution in [0.25, 0.3) is 10.9 Å². The van der Waals surface area contributed by atoms with E-state index in [-0.39, 0.29) is 11.5 Å². The summed E-state index contributed by atoms with van der Waals surface area (Å²) < 4.78 is 0. The average molecular weight is 476 g/mol. The van der Waals surface area contributed by atoms with Gasteiger partial charge in [-0.2, -0.15) is 0 Å². The Morgan fingerprint density at radius 1 is 1.09 bits per heavy atom. The van der Waals surface area contributed by atoms with E-state index in [0.29, 0.717) is 11.8 Å². The van der Waals surface area contributed by atoms with Crippen molar-refractivity contribution in [3.63, 3.8) is 0 Å². The Morgan fingerprint density at radius 2 is 1.83 bits per heavy atom. The third kappa shape index (κ3) is 5.15. The standard InChI is InChI=1S/C28H37N5O2/c1-19-3-4-25-24(15-19)23(17-27(34)30-25)21-8-13-33(14-9-21)28(35)22-6-11-32(12-7-22)18-20-5-10-31(2)26(29)16-20/h3-5,15-17,21-22H,6-14,18,29H2,1-2H3,(H,30,34). The first-order valence-corrected chi connectivity index (χ1v) is 12.9. The molecule has 2 aromatic rings. The number of nitrogens with one attached hydrogen (secondary N) is 1. The topological polar surface area (TPSA) is 85.7 Å². The number of H-pyrrole nitrogens is 1. The molecule has 3 aliphatic rings. The van der Waals surface area contributed by atoms with Crippen molar-refractivity contribution in [2.24, 2.45) is 11.7 Å². The minimum absolute atomic E-state index is 0.0455. The lowest BCUT2D eigenvalue weighted by Crippen LogP contribution is -2.45. The van der Waals surface area contributed by atoms with E-state index in [9.17, 15) is 9.59 Å². The van der Waals surface area contributed by atoms with Crippen LogP contribution in [0.1, 0.15) is 42.7 Å². The molecule has 1 amide bonds. The van der Waals surface area contributed by atoms with Gasteiger partial charge in [0.1, 0.15) is 0 Å². The number of hydrogen-bond acceptors (Lipinski definition) is 5. The van der Waals surface area contributed by atoms with Crippen molar-refractivity contribution in [2.75, 3.05) is 46.3 Å².